The van der Waals surface area contributed by atoms with E-state index in [4.69, 9.17) is 9.15 Å². The highest BCUT2D eigenvalue weighted by Gasteiger charge is 2.30. The van der Waals surface area contributed by atoms with Gasteiger partial charge in [0.15, 0.2) is 0 Å². The molecule has 0 bridgehead atoms. The minimum absolute atomic E-state index is 0.217. The van der Waals surface area contributed by atoms with Gasteiger partial charge in [-0.15, -0.1) is 0 Å². The average molecular weight is 380 g/mol. The van der Waals surface area contributed by atoms with Crippen LogP contribution in [0, 0.1) is 11.8 Å². The van der Waals surface area contributed by atoms with Crippen molar-refractivity contribution in [2.75, 3.05) is 26.7 Å². The zero-order chi connectivity index (χ0) is 19.5. The Hall–Kier alpha value is -2.62. The minimum atomic E-state index is -0.366. The SMILES string of the molecule is CN1CCC(OCC#Cc2cccc3c(C4CCC(=O)NC4=O)coc23)CC1. The first-order chi connectivity index (χ1) is 13.6. The van der Waals surface area contributed by atoms with Gasteiger partial charge in [-0.2, -0.15) is 0 Å². The highest BCUT2D eigenvalue weighted by Crippen LogP contribution is 2.33. The molecular formula is C22H24N2O4. The van der Waals surface area contributed by atoms with Gasteiger partial charge in [-0.05, 0) is 32.4 Å². The summed E-state index contributed by atoms with van der Waals surface area (Å²) in [6, 6.07) is 5.75. The van der Waals surface area contributed by atoms with E-state index in [0.29, 0.717) is 25.0 Å². The van der Waals surface area contributed by atoms with Gasteiger partial charge in [0.1, 0.15) is 12.2 Å². The van der Waals surface area contributed by atoms with Crippen LogP contribution in [0.4, 0.5) is 0 Å². The van der Waals surface area contributed by atoms with Crippen LogP contribution in [0.5, 0.6) is 0 Å². The van der Waals surface area contributed by atoms with E-state index in [2.05, 4.69) is 29.1 Å². The number of furan rings is 1. The van der Waals surface area contributed by atoms with Gasteiger partial charge >= 0.3 is 0 Å². The van der Waals surface area contributed by atoms with Crippen molar-refractivity contribution in [3.63, 3.8) is 0 Å². The lowest BCUT2D eigenvalue weighted by molar-refractivity contribution is -0.134. The number of benzene rings is 1. The summed E-state index contributed by atoms with van der Waals surface area (Å²) < 4.78 is 11.6. The highest BCUT2D eigenvalue weighted by atomic mass is 16.5. The Labute approximate surface area is 164 Å². The van der Waals surface area contributed by atoms with Crippen LogP contribution in [-0.2, 0) is 14.3 Å². The normalized spacial score (nSPS) is 21.4. The van der Waals surface area contributed by atoms with Crippen molar-refractivity contribution in [3.8, 4) is 11.8 Å². The van der Waals surface area contributed by atoms with Gasteiger partial charge in [0.2, 0.25) is 11.8 Å². The van der Waals surface area contributed by atoms with Crippen LogP contribution >= 0.6 is 0 Å². The maximum atomic E-state index is 12.2. The Morgan fingerprint density at radius 1 is 1.25 bits per heavy atom. The molecule has 2 aliphatic heterocycles. The largest absolute Gasteiger partial charge is 0.463 e. The summed E-state index contributed by atoms with van der Waals surface area (Å²) >= 11 is 0. The van der Waals surface area contributed by atoms with Crippen LogP contribution in [0.2, 0.25) is 0 Å². The molecule has 4 rings (SSSR count). The summed E-state index contributed by atoms with van der Waals surface area (Å²) in [5, 5.41) is 3.28. The topological polar surface area (TPSA) is 71.8 Å². The molecular weight excluding hydrogens is 356 g/mol. The molecule has 28 heavy (non-hydrogen) atoms. The van der Waals surface area contributed by atoms with E-state index >= 15 is 0 Å². The number of nitrogens with zero attached hydrogens (tertiary/aromatic N) is 1. The summed E-state index contributed by atoms with van der Waals surface area (Å²) in [5.74, 6) is 5.38. The van der Waals surface area contributed by atoms with E-state index in [1.54, 1.807) is 6.26 Å². The first-order valence-corrected chi connectivity index (χ1v) is 9.74. The van der Waals surface area contributed by atoms with E-state index in [1.807, 2.05) is 18.2 Å². The van der Waals surface area contributed by atoms with Crippen molar-refractivity contribution in [2.45, 2.75) is 37.7 Å². The minimum Gasteiger partial charge on any atom is -0.463 e. The van der Waals surface area contributed by atoms with Gasteiger partial charge in [-0.25, -0.2) is 0 Å². The maximum Gasteiger partial charge on any atom is 0.234 e. The molecule has 0 spiro atoms. The molecule has 146 valence electrons. The third kappa shape index (κ3) is 3.96. The Kier molecular flexibility index (Phi) is 5.47. The Balaban J connectivity index is 1.47. The van der Waals surface area contributed by atoms with E-state index in [1.165, 1.54) is 0 Å². The Morgan fingerprint density at radius 2 is 2.07 bits per heavy atom. The fourth-order valence-corrected chi connectivity index (χ4v) is 3.88. The number of carbonyl (C=O) groups is 2. The lowest BCUT2D eigenvalue weighted by Crippen LogP contribution is -2.39. The van der Waals surface area contributed by atoms with Gasteiger partial charge in [-0.3, -0.25) is 14.9 Å². The second kappa shape index (κ2) is 8.17. The number of likely N-dealkylation sites (tertiary alicyclic amines) is 1. The van der Waals surface area contributed by atoms with Crippen LogP contribution in [0.25, 0.3) is 11.0 Å². The second-order valence-electron chi connectivity index (χ2n) is 7.49. The molecule has 1 aromatic carbocycles. The monoisotopic (exact) mass is 380 g/mol. The fraction of sp³-hybridized carbons (Fsp3) is 0.455. The fourth-order valence-electron chi connectivity index (χ4n) is 3.88. The van der Waals surface area contributed by atoms with E-state index in [9.17, 15) is 9.59 Å². The number of fused-ring (bicyclic) bond motifs is 1. The van der Waals surface area contributed by atoms with Crippen LogP contribution in [0.3, 0.4) is 0 Å². The number of amides is 2. The Morgan fingerprint density at radius 3 is 2.86 bits per heavy atom. The third-order valence-electron chi connectivity index (χ3n) is 5.52. The first kappa shape index (κ1) is 18.7. The van der Waals surface area contributed by atoms with E-state index < -0.39 is 0 Å². The zero-order valence-electron chi connectivity index (χ0n) is 16.0. The number of hydrogen-bond donors (Lipinski definition) is 1. The molecule has 1 aromatic heterocycles. The summed E-state index contributed by atoms with van der Waals surface area (Å²) in [6.45, 7) is 2.52. The van der Waals surface area contributed by atoms with Crippen molar-refractivity contribution in [2.24, 2.45) is 0 Å². The number of rotatable bonds is 3. The predicted octanol–water partition coefficient (Wildman–Crippen LogP) is 2.42. The molecule has 0 saturated carbocycles. The number of para-hydroxylation sites is 1. The number of ether oxygens (including phenoxy) is 1. The average Bonchev–Trinajstić information content (AvgIpc) is 3.11. The van der Waals surface area contributed by atoms with Gasteiger partial charge in [0, 0.05) is 30.5 Å². The molecule has 1 N–H and O–H groups in total. The van der Waals surface area contributed by atoms with Gasteiger partial charge in [0.05, 0.1) is 23.8 Å². The quantitative estimate of drug-likeness (QED) is 0.654. The van der Waals surface area contributed by atoms with E-state index in [0.717, 1.165) is 42.4 Å². The lowest BCUT2D eigenvalue weighted by atomic mass is 9.90. The van der Waals surface area contributed by atoms with Gasteiger partial charge in [-0.1, -0.05) is 24.0 Å². The molecule has 2 aromatic rings. The molecule has 1 unspecified atom stereocenters. The molecule has 2 saturated heterocycles. The summed E-state index contributed by atoms with van der Waals surface area (Å²) in [7, 11) is 2.13. The molecule has 6 heteroatoms. The molecule has 0 radical (unpaired) electrons. The molecule has 1 atom stereocenters. The smallest absolute Gasteiger partial charge is 0.234 e. The molecule has 6 nitrogen and oxygen atoms in total. The summed E-state index contributed by atoms with van der Waals surface area (Å²) in [4.78, 5) is 25.9. The van der Waals surface area contributed by atoms with Gasteiger partial charge in [0.25, 0.3) is 0 Å². The highest BCUT2D eigenvalue weighted by molar-refractivity contribution is 6.03. The number of imide groups is 1. The number of carbonyl (C=O) groups excluding carboxylic acids is 2. The zero-order valence-corrected chi connectivity index (χ0v) is 16.0. The maximum absolute atomic E-state index is 12.2. The number of nitrogens with one attached hydrogen (secondary N) is 1. The molecule has 3 heterocycles. The Bertz CT molecular complexity index is 944. The van der Waals surface area contributed by atoms with Crippen LogP contribution in [-0.4, -0.2) is 49.6 Å². The summed E-state index contributed by atoms with van der Waals surface area (Å²) in [5.41, 5.74) is 2.27. The molecule has 2 aliphatic rings. The van der Waals surface area contributed by atoms with Crippen LogP contribution in [0.15, 0.2) is 28.9 Å². The number of piperidine rings is 2. The third-order valence-corrected chi connectivity index (χ3v) is 5.52. The summed E-state index contributed by atoms with van der Waals surface area (Å²) in [6.07, 6.45) is 4.83. The molecule has 0 aliphatic carbocycles. The van der Waals surface area contributed by atoms with Gasteiger partial charge < -0.3 is 14.1 Å². The van der Waals surface area contributed by atoms with Crippen molar-refractivity contribution in [1.29, 1.82) is 0 Å². The molecule has 2 amide bonds. The van der Waals surface area contributed by atoms with Crippen molar-refractivity contribution >= 4 is 22.8 Å². The lowest BCUT2D eigenvalue weighted by Gasteiger charge is -2.28. The first-order valence-electron chi connectivity index (χ1n) is 9.74. The van der Waals surface area contributed by atoms with Crippen molar-refractivity contribution < 1.29 is 18.7 Å². The number of hydrogen-bond acceptors (Lipinski definition) is 5. The second-order valence-corrected chi connectivity index (χ2v) is 7.49. The standard InChI is InChI=1S/C22H24N2O4/c1-24-11-9-16(10-12-24)27-13-3-5-15-4-2-6-17-19(14-28-21(15)17)18-7-8-20(25)23-22(18)26/h2,4,6,14,16,18H,7-13H2,1H3,(H,23,25,26). The molecule has 2 fully saturated rings. The van der Waals surface area contributed by atoms with Crippen LogP contribution in [0.1, 0.15) is 42.7 Å². The predicted molar refractivity (Wildman–Crippen MR) is 105 cm³/mol. The van der Waals surface area contributed by atoms with E-state index in [-0.39, 0.29) is 23.8 Å². The van der Waals surface area contributed by atoms with Crippen LogP contribution < -0.4 is 5.32 Å². The van der Waals surface area contributed by atoms with Crippen molar-refractivity contribution in [1.82, 2.24) is 10.2 Å². The van der Waals surface area contributed by atoms with Crippen molar-refractivity contribution in [3.05, 3.63) is 35.6 Å².